The largest absolute Gasteiger partial charge is 0.310 e. The molecular weight excluding hydrogens is 771 g/mol. The molecule has 0 N–H and O–H groups in total. The molecule has 1 nitrogen and oxygen atoms in total. The van der Waals surface area contributed by atoms with Crippen LogP contribution in [-0.4, -0.2) is 0 Å². The molecule has 7 aromatic carbocycles. The van der Waals surface area contributed by atoms with Crippen molar-refractivity contribution in [1.82, 2.24) is 0 Å². The van der Waals surface area contributed by atoms with Gasteiger partial charge in [-0.15, -0.1) is 0 Å². The minimum absolute atomic E-state index is 0.00879. The topological polar surface area (TPSA) is 3.24 Å². The fourth-order valence-corrected chi connectivity index (χ4v) is 14.1. The standard InChI is InChI=1S/C63H63N/c1-60(2,3)42-23-21-41(22-24-42)54-36-43(61(4,5)6)25-28-48(54)53-17-11-14-20-59(53)64(46-26-29-51-49-15-9-12-18-55(49)62(7,8)57(51)37-46)47-27-30-52-50-16-10-13-19-56(50)63(58(52)38-47)44-32-39-31-40(34-44)35-45(63)33-39/h9-30,36-40,44-45H,31-35H2,1-8H3. The molecule has 64 heavy (non-hydrogen) atoms. The molecule has 0 heterocycles. The molecule has 0 aliphatic heterocycles. The zero-order chi connectivity index (χ0) is 43.9. The van der Waals surface area contributed by atoms with Crippen molar-refractivity contribution in [2.24, 2.45) is 23.7 Å². The lowest BCUT2D eigenvalue weighted by molar-refractivity contribution is -0.0399. The van der Waals surface area contributed by atoms with Crippen molar-refractivity contribution in [3.63, 3.8) is 0 Å². The quantitative estimate of drug-likeness (QED) is 0.167. The van der Waals surface area contributed by atoms with Crippen molar-refractivity contribution >= 4 is 17.1 Å². The maximum Gasteiger partial charge on any atom is 0.0540 e. The van der Waals surface area contributed by atoms with E-state index < -0.39 is 0 Å². The van der Waals surface area contributed by atoms with E-state index in [1.54, 1.807) is 11.1 Å². The summed E-state index contributed by atoms with van der Waals surface area (Å²) in [4.78, 5) is 2.63. The first-order chi connectivity index (χ1) is 30.7. The first-order valence-corrected chi connectivity index (χ1v) is 24.3. The van der Waals surface area contributed by atoms with Crippen LogP contribution < -0.4 is 4.90 Å². The van der Waals surface area contributed by atoms with E-state index in [-0.39, 0.29) is 21.7 Å². The highest BCUT2D eigenvalue weighted by Gasteiger charge is 2.61. The molecule has 0 saturated heterocycles. The smallest absolute Gasteiger partial charge is 0.0540 e. The molecular formula is C63H63N. The minimum Gasteiger partial charge on any atom is -0.310 e. The number of para-hydroxylation sites is 1. The molecule has 0 unspecified atom stereocenters. The summed E-state index contributed by atoms with van der Waals surface area (Å²) in [5, 5.41) is 0. The van der Waals surface area contributed by atoms with Crippen LogP contribution in [0.3, 0.4) is 0 Å². The van der Waals surface area contributed by atoms with Crippen LogP contribution in [0.2, 0.25) is 0 Å². The zero-order valence-electron chi connectivity index (χ0n) is 39.2. The van der Waals surface area contributed by atoms with E-state index in [2.05, 4.69) is 212 Å². The molecule has 4 saturated carbocycles. The number of hydrogen-bond acceptors (Lipinski definition) is 1. The number of fused-ring (bicyclic) bond motifs is 6. The van der Waals surface area contributed by atoms with Gasteiger partial charge < -0.3 is 4.90 Å². The fourth-order valence-electron chi connectivity index (χ4n) is 14.1. The van der Waals surface area contributed by atoms with Gasteiger partial charge in [0.25, 0.3) is 0 Å². The van der Waals surface area contributed by atoms with Gasteiger partial charge >= 0.3 is 0 Å². The SMILES string of the molecule is CC(C)(C)c1ccc(-c2cc(C(C)(C)C)ccc2-c2ccccc2N(c2ccc3c(c2)C(C)(C)c2ccccc2-3)c2ccc3c(c2)C2(c4ccccc4-3)C3CC4CC(C3)CC2C4)cc1. The lowest BCUT2D eigenvalue weighted by Crippen LogP contribution is -2.55. The van der Waals surface area contributed by atoms with Gasteiger partial charge in [-0.3, -0.25) is 0 Å². The van der Waals surface area contributed by atoms with Crippen molar-refractivity contribution in [2.45, 2.75) is 109 Å². The molecule has 0 aromatic heterocycles. The molecule has 7 aromatic rings. The molecule has 6 aliphatic rings. The number of rotatable bonds is 5. The summed E-state index contributed by atoms with van der Waals surface area (Å²) in [6.45, 7) is 18.7. The molecule has 6 aliphatic carbocycles. The second kappa shape index (κ2) is 13.9. The van der Waals surface area contributed by atoms with E-state index >= 15 is 0 Å². The third-order valence-electron chi connectivity index (χ3n) is 17.0. The fraction of sp³-hybridized carbons (Fsp3) is 0.333. The average molecular weight is 834 g/mol. The van der Waals surface area contributed by atoms with Crippen molar-refractivity contribution in [2.75, 3.05) is 4.90 Å². The lowest BCUT2D eigenvalue weighted by atomic mass is 9.43. The summed E-state index contributed by atoms with van der Waals surface area (Å²) >= 11 is 0. The Hall–Kier alpha value is -5.66. The number of benzene rings is 7. The second-order valence-corrected chi connectivity index (χ2v) is 23.0. The summed E-state index contributed by atoms with van der Waals surface area (Å²) in [7, 11) is 0. The van der Waals surface area contributed by atoms with Crippen LogP contribution in [-0.2, 0) is 21.7 Å². The van der Waals surface area contributed by atoms with E-state index in [0.29, 0.717) is 11.8 Å². The molecule has 0 atom stereocenters. The Balaban J connectivity index is 1.09. The third-order valence-corrected chi connectivity index (χ3v) is 17.0. The van der Waals surface area contributed by atoms with Crippen molar-refractivity contribution < 1.29 is 0 Å². The zero-order valence-corrected chi connectivity index (χ0v) is 39.2. The summed E-state index contributed by atoms with van der Waals surface area (Å²) in [6, 6.07) is 59.5. The highest BCUT2D eigenvalue weighted by atomic mass is 15.1. The number of nitrogens with zero attached hydrogens (tertiary/aromatic N) is 1. The Labute approximate surface area is 382 Å². The molecule has 0 radical (unpaired) electrons. The summed E-state index contributed by atoms with van der Waals surface area (Å²) < 4.78 is 0. The van der Waals surface area contributed by atoms with Crippen molar-refractivity contribution in [3.05, 3.63) is 185 Å². The number of hydrogen-bond donors (Lipinski definition) is 0. The average Bonchev–Trinajstić information content (AvgIpc) is 3.70. The van der Waals surface area contributed by atoms with Crippen LogP contribution >= 0.6 is 0 Å². The Morgan fingerprint density at radius 3 is 1.52 bits per heavy atom. The van der Waals surface area contributed by atoms with Gasteiger partial charge in [0.2, 0.25) is 0 Å². The van der Waals surface area contributed by atoms with Crippen molar-refractivity contribution in [1.29, 1.82) is 0 Å². The predicted octanol–water partition coefficient (Wildman–Crippen LogP) is 17.1. The third kappa shape index (κ3) is 5.81. The van der Waals surface area contributed by atoms with Gasteiger partial charge in [-0.1, -0.05) is 177 Å². The van der Waals surface area contributed by atoms with Crippen LogP contribution in [0.4, 0.5) is 17.1 Å². The normalized spacial score (nSPS) is 23.2. The van der Waals surface area contributed by atoms with E-state index in [1.807, 2.05) is 0 Å². The van der Waals surface area contributed by atoms with Crippen LogP contribution in [0, 0.1) is 23.7 Å². The van der Waals surface area contributed by atoms with Crippen LogP contribution in [0.5, 0.6) is 0 Å². The molecule has 0 amide bonds. The summed E-state index contributed by atoms with van der Waals surface area (Å²) in [6.07, 6.45) is 6.97. The van der Waals surface area contributed by atoms with Gasteiger partial charge in [0.15, 0.2) is 0 Å². The monoisotopic (exact) mass is 833 g/mol. The Kier molecular flexibility index (Phi) is 8.68. The van der Waals surface area contributed by atoms with Gasteiger partial charge in [0.05, 0.1) is 5.69 Å². The van der Waals surface area contributed by atoms with Crippen LogP contribution in [0.1, 0.15) is 121 Å². The van der Waals surface area contributed by atoms with E-state index in [1.165, 1.54) is 116 Å². The molecule has 4 bridgehead atoms. The Morgan fingerprint density at radius 1 is 0.406 bits per heavy atom. The van der Waals surface area contributed by atoms with Gasteiger partial charge in [0.1, 0.15) is 0 Å². The second-order valence-electron chi connectivity index (χ2n) is 23.0. The van der Waals surface area contributed by atoms with Crippen LogP contribution in [0.25, 0.3) is 44.5 Å². The highest BCUT2D eigenvalue weighted by Crippen LogP contribution is 2.70. The van der Waals surface area contributed by atoms with Gasteiger partial charge in [-0.2, -0.15) is 0 Å². The summed E-state index contributed by atoms with van der Waals surface area (Å²) in [5.74, 6) is 3.21. The molecule has 4 fully saturated rings. The number of anilines is 3. The first kappa shape index (κ1) is 39.9. The molecule has 320 valence electrons. The Morgan fingerprint density at radius 2 is 0.891 bits per heavy atom. The van der Waals surface area contributed by atoms with E-state index in [4.69, 9.17) is 0 Å². The maximum atomic E-state index is 2.68. The van der Waals surface area contributed by atoms with Gasteiger partial charge in [-0.05, 0) is 169 Å². The maximum absolute atomic E-state index is 2.68. The Bertz CT molecular complexity index is 2970. The lowest BCUT2D eigenvalue weighted by Gasteiger charge is -2.61. The van der Waals surface area contributed by atoms with Crippen molar-refractivity contribution in [3.8, 4) is 44.5 Å². The minimum atomic E-state index is -0.119. The molecule has 13 rings (SSSR count). The highest BCUT2D eigenvalue weighted by molar-refractivity contribution is 5.96. The molecule has 1 heteroatoms. The van der Waals surface area contributed by atoms with Crippen LogP contribution in [0.15, 0.2) is 152 Å². The van der Waals surface area contributed by atoms with E-state index in [0.717, 1.165) is 11.8 Å². The first-order valence-electron chi connectivity index (χ1n) is 24.3. The summed E-state index contributed by atoms with van der Waals surface area (Å²) in [5.41, 5.74) is 23.1. The predicted molar refractivity (Wildman–Crippen MR) is 270 cm³/mol. The van der Waals surface area contributed by atoms with Gasteiger partial charge in [0, 0.05) is 27.8 Å². The molecule has 1 spiro atoms. The van der Waals surface area contributed by atoms with E-state index in [9.17, 15) is 0 Å². The van der Waals surface area contributed by atoms with Gasteiger partial charge in [-0.25, -0.2) is 0 Å².